The minimum absolute atomic E-state index is 0.755. The van der Waals surface area contributed by atoms with Crippen LogP contribution in [0.5, 0.6) is 0 Å². The number of hydrogen-bond donors (Lipinski definition) is 2. The molecule has 146 valence electrons. The van der Waals surface area contributed by atoms with Crippen molar-refractivity contribution >= 4 is 0 Å². The average molecular weight is 369 g/mol. The molecule has 3 rings (SSSR count). The van der Waals surface area contributed by atoms with E-state index in [1.165, 1.54) is 17.0 Å². The normalized spacial score (nSPS) is 10.5. The molecule has 0 aliphatic heterocycles. The molecule has 2 aromatic heterocycles. The van der Waals surface area contributed by atoms with Crippen LogP contribution >= 0.6 is 0 Å². The van der Waals surface area contributed by atoms with Gasteiger partial charge in [0.2, 0.25) is 0 Å². The zero-order chi connectivity index (χ0) is 19.3. The summed E-state index contributed by atoms with van der Waals surface area (Å²) in [7, 11) is 4.04. The van der Waals surface area contributed by atoms with E-state index >= 15 is 0 Å². The number of imidazole rings is 2. The zero-order valence-electron chi connectivity index (χ0n) is 16.5. The summed E-state index contributed by atoms with van der Waals surface area (Å²) in [6.07, 6.45) is 11.8. The summed E-state index contributed by atoms with van der Waals surface area (Å²) >= 11 is 0. The summed E-state index contributed by atoms with van der Waals surface area (Å²) in [5, 5.41) is 3.45. The largest absolute Gasteiger partial charge is 0.338 e. The molecule has 0 aliphatic rings. The lowest BCUT2D eigenvalue weighted by molar-refractivity contribution is 0.636. The van der Waals surface area contributed by atoms with E-state index in [9.17, 15) is 0 Å². The number of benzene rings is 1. The molecule has 3 aromatic rings. The molecule has 27 heavy (non-hydrogen) atoms. The van der Waals surface area contributed by atoms with Crippen LogP contribution in [0, 0.1) is 0 Å². The van der Waals surface area contributed by atoms with E-state index in [0.717, 1.165) is 45.3 Å². The molecule has 6 heteroatoms. The van der Waals surface area contributed by atoms with Crippen molar-refractivity contribution in [1.29, 1.82) is 0 Å². The molecule has 0 aliphatic carbocycles. The third-order valence-corrected chi connectivity index (χ3v) is 4.43. The molecule has 1 aromatic carbocycles. The molecule has 0 atom stereocenters. The Labute approximate surface area is 162 Å². The van der Waals surface area contributed by atoms with Crippen molar-refractivity contribution in [2.45, 2.75) is 32.2 Å². The van der Waals surface area contributed by atoms with Crippen molar-refractivity contribution in [3.05, 3.63) is 72.3 Å². The number of nitrogens with one attached hydrogen (secondary N) is 1. The summed E-state index contributed by atoms with van der Waals surface area (Å²) < 4.78 is 4.10. The van der Waals surface area contributed by atoms with Crippen molar-refractivity contribution in [3.63, 3.8) is 0 Å². The van der Waals surface area contributed by atoms with Crippen LogP contribution in [0.4, 0.5) is 0 Å². The van der Waals surface area contributed by atoms with Gasteiger partial charge in [-0.25, -0.2) is 9.97 Å². The van der Waals surface area contributed by atoms with E-state index < -0.39 is 0 Å². The minimum Gasteiger partial charge on any atom is -0.338 e. The maximum Gasteiger partial charge on any atom is 0.0945 e. The van der Waals surface area contributed by atoms with Gasteiger partial charge in [0, 0.05) is 44.4 Å². The Morgan fingerprint density at radius 1 is 0.889 bits per heavy atom. The Bertz CT molecular complexity index is 747. The summed E-state index contributed by atoms with van der Waals surface area (Å²) in [4.78, 5) is 8.11. The van der Waals surface area contributed by atoms with Gasteiger partial charge in [0.25, 0.3) is 0 Å². The highest BCUT2D eigenvalue weighted by Gasteiger charge is 1.98. The number of hydrogen-bond acceptors (Lipinski definition) is 4. The van der Waals surface area contributed by atoms with Crippen LogP contribution in [0.2, 0.25) is 0 Å². The molecule has 3 N–H and O–H groups in total. The molecule has 2 heterocycles. The summed E-state index contributed by atoms with van der Waals surface area (Å²) in [6.45, 7) is 2.75. The first-order chi connectivity index (χ1) is 13.2. The Morgan fingerprint density at radius 3 is 2.00 bits per heavy atom. The van der Waals surface area contributed by atoms with Gasteiger partial charge in [-0.3, -0.25) is 0 Å². The molecule has 0 amide bonds. The minimum atomic E-state index is 0.755. The van der Waals surface area contributed by atoms with Gasteiger partial charge in [-0.15, -0.1) is 0 Å². The second-order valence-electron chi connectivity index (χ2n) is 6.65. The first kappa shape index (κ1) is 20.9. The maximum atomic E-state index is 5.37. The van der Waals surface area contributed by atoms with E-state index in [1.54, 1.807) is 0 Å². The van der Waals surface area contributed by atoms with E-state index in [0.29, 0.717) is 0 Å². The van der Waals surface area contributed by atoms with Gasteiger partial charge in [0.1, 0.15) is 0 Å². The Morgan fingerprint density at radius 2 is 1.48 bits per heavy atom. The fourth-order valence-electron chi connectivity index (χ4n) is 2.76. The third-order valence-electron chi connectivity index (χ3n) is 4.43. The van der Waals surface area contributed by atoms with Crippen LogP contribution in [-0.2, 0) is 33.5 Å². The van der Waals surface area contributed by atoms with E-state index in [2.05, 4.69) is 44.1 Å². The average Bonchev–Trinajstić information content (AvgIpc) is 3.29. The fourth-order valence-corrected chi connectivity index (χ4v) is 2.76. The van der Waals surface area contributed by atoms with Crippen LogP contribution in [0.15, 0.2) is 55.4 Å². The lowest BCUT2D eigenvalue weighted by Gasteiger charge is -2.05. The van der Waals surface area contributed by atoms with Gasteiger partial charge < -0.3 is 20.2 Å². The maximum absolute atomic E-state index is 5.37. The van der Waals surface area contributed by atoms with Gasteiger partial charge >= 0.3 is 0 Å². The van der Waals surface area contributed by atoms with Crippen LogP contribution in [-0.4, -0.2) is 32.2 Å². The van der Waals surface area contributed by atoms with Gasteiger partial charge in [-0.2, -0.15) is 0 Å². The standard InChI is InChI=1S/C14H19N3.C7H13N3/c1-17-12-16-11-14(17)8-5-9-15-10-13-6-3-2-4-7-13;1-10-6-9-5-7(10)3-2-4-8/h2-4,6-7,11-12,15H,5,8-10H2,1H3;5-6H,2-4,8H2,1H3. The SMILES string of the molecule is Cn1cncc1CCCN.Cn1cncc1CCCNCc1ccccc1. The van der Waals surface area contributed by atoms with Crippen LogP contribution < -0.4 is 11.1 Å². The lowest BCUT2D eigenvalue weighted by atomic mass is 10.2. The Balaban J connectivity index is 0.000000223. The smallest absolute Gasteiger partial charge is 0.0945 e. The predicted octanol–water partition coefficient (Wildman–Crippen LogP) is 2.45. The summed E-state index contributed by atoms with van der Waals surface area (Å²) in [5.41, 5.74) is 9.26. The second-order valence-corrected chi connectivity index (χ2v) is 6.65. The molecule has 0 saturated heterocycles. The quantitative estimate of drug-likeness (QED) is 0.569. The molecule has 0 bridgehead atoms. The first-order valence-corrected chi connectivity index (χ1v) is 9.55. The molecular weight excluding hydrogens is 336 g/mol. The van der Waals surface area contributed by atoms with E-state index in [-0.39, 0.29) is 0 Å². The van der Waals surface area contributed by atoms with Gasteiger partial charge in [-0.1, -0.05) is 30.3 Å². The highest BCUT2D eigenvalue weighted by molar-refractivity contribution is 5.14. The Kier molecular flexibility index (Phi) is 9.30. The molecule has 0 radical (unpaired) electrons. The van der Waals surface area contributed by atoms with Crippen LogP contribution in [0.3, 0.4) is 0 Å². The van der Waals surface area contributed by atoms with Crippen LogP contribution in [0.1, 0.15) is 29.8 Å². The fraction of sp³-hybridized carbons (Fsp3) is 0.429. The number of nitrogens with two attached hydrogens (primary N) is 1. The highest BCUT2D eigenvalue weighted by atomic mass is 15.0. The predicted molar refractivity (Wildman–Crippen MR) is 110 cm³/mol. The van der Waals surface area contributed by atoms with Gasteiger partial charge in [0.05, 0.1) is 12.7 Å². The topological polar surface area (TPSA) is 73.7 Å². The Hall–Kier alpha value is -2.44. The molecule has 0 fully saturated rings. The molecule has 0 spiro atoms. The van der Waals surface area contributed by atoms with Crippen molar-refractivity contribution in [2.24, 2.45) is 19.8 Å². The van der Waals surface area contributed by atoms with E-state index in [4.69, 9.17) is 5.73 Å². The number of aryl methyl sites for hydroxylation is 4. The van der Waals surface area contributed by atoms with Gasteiger partial charge in [-0.05, 0) is 44.3 Å². The van der Waals surface area contributed by atoms with E-state index in [1.807, 2.05) is 49.8 Å². The molecule has 0 unspecified atom stereocenters. The van der Waals surface area contributed by atoms with Crippen LogP contribution in [0.25, 0.3) is 0 Å². The zero-order valence-corrected chi connectivity index (χ0v) is 16.5. The summed E-state index contributed by atoms with van der Waals surface area (Å²) in [5.74, 6) is 0. The van der Waals surface area contributed by atoms with Gasteiger partial charge in [0.15, 0.2) is 0 Å². The number of nitrogens with zero attached hydrogens (tertiary/aromatic N) is 4. The number of aromatic nitrogens is 4. The lowest BCUT2D eigenvalue weighted by Crippen LogP contribution is -2.15. The molecular formula is C21H32N6. The number of rotatable bonds is 9. The molecule has 6 nitrogen and oxygen atoms in total. The third kappa shape index (κ3) is 7.76. The summed E-state index contributed by atoms with van der Waals surface area (Å²) in [6, 6.07) is 10.5. The monoisotopic (exact) mass is 368 g/mol. The molecule has 0 saturated carbocycles. The highest BCUT2D eigenvalue weighted by Crippen LogP contribution is 2.01. The van der Waals surface area contributed by atoms with Crippen molar-refractivity contribution in [1.82, 2.24) is 24.4 Å². The van der Waals surface area contributed by atoms with Crippen molar-refractivity contribution in [3.8, 4) is 0 Å². The first-order valence-electron chi connectivity index (χ1n) is 9.55. The van der Waals surface area contributed by atoms with Crippen molar-refractivity contribution < 1.29 is 0 Å². The van der Waals surface area contributed by atoms with Crippen molar-refractivity contribution in [2.75, 3.05) is 13.1 Å². The second kappa shape index (κ2) is 12.0.